The van der Waals surface area contributed by atoms with Gasteiger partial charge in [0.2, 0.25) is 0 Å². The summed E-state index contributed by atoms with van der Waals surface area (Å²) >= 11 is 7.72. The van der Waals surface area contributed by atoms with E-state index in [9.17, 15) is 9.90 Å². The van der Waals surface area contributed by atoms with Gasteiger partial charge >= 0.3 is 5.97 Å². The molecule has 1 atom stereocenters. The van der Waals surface area contributed by atoms with Crippen molar-refractivity contribution >= 4 is 37.2 Å². The van der Waals surface area contributed by atoms with Crippen LogP contribution in [-0.4, -0.2) is 34.2 Å². The Kier molecular flexibility index (Phi) is 6.56. The Morgan fingerprint density at radius 2 is 2.00 bits per heavy atom. The van der Waals surface area contributed by atoms with Gasteiger partial charge in [-0.3, -0.25) is 9.36 Å². The second kappa shape index (κ2) is 8.03. The molecule has 0 aromatic carbocycles. The van der Waals surface area contributed by atoms with Crippen LogP contribution >= 0.6 is 22.9 Å². The number of aryl methyl sites for hydroxylation is 2. The lowest BCUT2D eigenvalue weighted by Crippen LogP contribution is -2.42. The van der Waals surface area contributed by atoms with E-state index in [4.69, 9.17) is 16.0 Å². The number of carboxylic acids is 1. The van der Waals surface area contributed by atoms with Crippen molar-refractivity contribution in [3.63, 3.8) is 0 Å². The van der Waals surface area contributed by atoms with Crippen LogP contribution in [0.2, 0.25) is 18.1 Å². The van der Waals surface area contributed by atoms with Gasteiger partial charge in [0.15, 0.2) is 14.1 Å². The molecule has 0 aliphatic carbocycles. The normalized spacial score (nSPS) is 13.8. The van der Waals surface area contributed by atoms with Crippen LogP contribution in [0.4, 0.5) is 0 Å². The second-order valence-corrected chi connectivity index (χ2v) is 14.5. The van der Waals surface area contributed by atoms with E-state index >= 15 is 0 Å². The largest absolute Gasteiger partial charge is 0.481 e. The molecule has 0 unspecified atom stereocenters. The quantitative estimate of drug-likeness (QED) is 0.482. The Morgan fingerprint density at radius 3 is 2.52 bits per heavy atom. The molecular formula is C18H28ClN3O3SSi. The summed E-state index contributed by atoms with van der Waals surface area (Å²) in [5, 5.41) is 18.9. The molecule has 2 heterocycles. The maximum absolute atomic E-state index is 11.6. The van der Waals surface area contributed by atoms with Crippen molar-refractivity contribution < 1.29 is 14.3 Å². The summed E-state index contributed by atoms with van der Waals surface area (Å²) < 4.78 is 8.36. The molecule has 9 heteroatoms. The summed E-state index contributed by atoms with van der Waals surface area (Å²) in [4.78, 5) is 12.7. The lowest BCUT2D eigenvalue weighted by Gasteiger charge is -2.38. The highest BCUT2D eigenvalue weighted by Crippen LogP contribution is 2.41. The van der Waals surface area contributed by atoms with Gasteiger partial charge in [-0.1, -0.05) is 20.8 Å². The van der Waals surface area contributed by atoms with E-state index in [-0.39, 0.29) is 11.5 Å². The van der Waals surface area contributed by atoms with E-state index in [1.165, 1.54) is 0 Å². The van der Waals surface area contributed by atoms with Crippen molar-refractivity contribution in [1.29, 1.82) is 0 Å². The molecule has 0 spiro atoms. The molecule has 2 aromatic heterocycles. The highest BCUT2D eigenvalue weighted by atomic mass is 35.5. The van der Waals surface area contributed by atoms with Crippen LogP contribution < -0.4 is 0 Å². The number of halogens is 1. The molecule has 0 radical (unpaired) electrons. The zero-order chi connectivity index (χ0) is 20.6. The van der Waals surface area contributed by atoms with E-state index in [1.807, 2.05) is 24.5 Å². The Hall–Kier alpha value is -1.22. The van der Waals surface area contributed by atoms with Crippen LogP contribution in [0, 0.1) is 13.8 Å². The van der Waals surface area contributed by atoms with Crippen LogP contribution in [0.3, 0.4) is 0 Å². The van der Waals surface area contributed by atoms with E-state index in [0.29, 0.717) is 17.5 Å². The number of hydrogen-bond donors (Lipinski definition) is 1. The molecule has 2 aromatic rings. The Labute approximate surface area is 170 Å². The molecule has 0 saturated heterocycles. The number of aromatic nitrogens is 3. The third-order valence-corrected chi connectivity index (χ3v) is 10.8. The number of carboxylic acid groups (broad SMARTS) is 1. The van der Waals surface area contributed by atoms with E-state index in [0.717, 1.165) is 15.4 Å². The van der Waals surface area contributed by atoms with Crippen molar-refractivity contribution in [3.8, 4) is 5.00 Å². The topological polar surface area (TPSA) is 77.2 Å². The SMILES string of the molecule is Cc1cc(CCl)c(-n2c(C)nnc2[C@H](CC(=O)O)O[Si](C)(C)C(C)(C)C)s1. The summed E-state index contributed by atoms with van der Waals surface area (Å²) in [6.45, 7) is 14.5. The number of aliphatic carboxylic acids is 1. The predicted octanol–water partition coefficient (Wildman–Crippen LogP) is 5.22. The fourth-order valence-electron chi connectivity index (χ4n) is 2.55. The third-order valence-electron chi connectivity index (χ3n) is 5.00. The maximum atomic E-state index is 11.6. The van der Waals surface area contributed by atoms with Crippen LogP contribution in [0.5, 0.6) is 0 Å². The lowest BCUT2D eigenvalue weighted by molar-refractivity contribution is -0.139. The van der Waals surface area contributed by atoms with Gasteiger partial charge in [0, 0.05) is 10.4 Å². The first kappa shape index (κ1) is 22.1. The number of rotatable bonds is 7. The monoisotopic (exact) mass is 429 g/mol. The molecular weight excluding hydrogens is 402 g/mol. The molecule has 27 heavy (non-hydrogen) atoms. The molecule has 0 aliphatic heterocycles. The average Bonchev–Trinajstić information content (AvgIpc) is 3.06. The fourth-order valence-corrected chi connectivity index (χ4v) is 5.18. The smallest absolute Gasteiger partial charge is 0.306 e. The highest BCUT2D eigenvalue weighted by molar-refractivity contribution is 7.14. The van der Waals surface area contributed by atoms with Gasteiger partial charge in [-0.15, -0.1) is 33.1 Å². The molecule has 0 amide bonds. The predicted molar refractivity (Wildman–Crippen MR) is 112 cm³/mol. The van der Waals surface area contributed by atoms with Crippen LogP contribution in [0.25, 0.3) is 5.00 Å². The molecule has 6 nitrogen and oxygen atoms in total. The van der Waals surface area contributed by atoms with Gasteiger partial charge in [0.1, 0.15) is 16.9 Å². The van der Waals surface area contributed by atoms with Crippen molar-refractivity contribution in [2.45, 2.75) is 71.2 Å². The Balaban J connectivity index is 2.56. The summed E-state index contributed by atoms with van der Waals surface area (Å²) in [6.07, 6.45) is -0.833. The van der Waals surface area contributed by atoms with Crippen molar-refractivity contribution in [2.24, 2.45) is 0 Å². The van der Waals surface area contributed by atoms with Gasteiger partial charge in [0.25, 0.3) is 0 Å². The molecule has 2 rings (SSSR count). The summed E-state index contributed by atoms with van der Waals surface area (Å²) in [5.41, 5.74) is 0.977. The van der Waals surface area contributed by atoms with Crippen LogP contribution in [0.15, 0.2) is 6.07 Å². The summed E-state index contributed by atoms with van der Waals surface area (Å²) in [7, 11) is -2.22. The third kappa shape index (κ3) is 4.79. The van der Waals surface area contributed by atoms with Gasteiger partial charge in [0.05, 0.1) is 12.3 Å². The molecule has 150 valence electrons. The van der Waals surface area contributed by atoms with Gasteiger partial charge in [-0.05, 0) is 38.0 Å². The average molecular weight is 430 g/mol. The van der Waals surface area contributed by atoms with Crippen LogP contribution in [0.1, 0.15) is 55.4 Å². The number of alkyl halides is 1. The van der Waals surface area contributed by atoms with E-state index in [2.05, 4.69) is 44.1 Å². The minimum atomic E-state index is -2.22. The summed E-state index contributed by atoms with van der Waals surface area (Å²) in [5.74, 6) is 0.648. The first-order chi connectivity index (χ1) is 12.4. The first-order valence-corrected chi connectivity index (χ1v) is 13.1. The molecule has 0 bridgehead atoms. The zero-order valence-electron chi connectivity index (χ0n) is 17.0. The second-order valence-electron chi connectivity index (χ2n) is 8.23. The van der Waals surface area contributed by atoms with Gasteiger partial charge in [-0.2, -0.15) is 0 Å². The van der Waals surface area contributed by atoms with Crippen molar-refractivity contribution in [3.05, 3.63) is 28.2 Å². The Bertz CT molecular complexity index is 826. The minimum absolute atomic E-state index is 0.0511. The molecule has 0 aliphatic rings. The summed E-state index contributed by atoms with van der Waals surface area (Å²) in [6, 6.07) is 2.04. The van der Waals surface area contributed by atoms with E-state index < -0.39 is 20.4 Å². The van der Waals surface area contributed by atoms with E-state index in [1.54, 1.807) is 11.3 Å². The number of thiophene rings is 1. The molecule has 0 saturated carbocycles. The number of nitrogens with zero attached hydrogens (tertiary/aromatic N) is 3. The molecule has 0 fully saturated rings. The van der Waals surface area contributed by atoms with Crippen LogP contribution in [-0.2, 0) is 15.1 Å². The molecule has 1 N–H and O–H groups in total. The lowest BCUT2D eigenvalue weighted by atomic mass is 10.2. The van der Waals surface area contributed by atoms with Crippen molar-refractivity contribution in [2.75, 3.05) is 0 Å². The fraction of sp³-hybridized carbons (Fsp3) is 0.611. The number of carbonyl (C=O) groups is 1. The Morgan fingerprint density at radius 1 is 1.37 bits per heavy atom. The minimum Gasteiger partial charge on any atom is -0.481 e. The van der Waals surface area contributed by atoms with Gasteiger partial charge < -0.3 is 9.53 Å². The van der Waals surface area contributed by atoms with Crippen molar-refractivity contribution in [1.82, 2.24) is 14.8 Å². The zero-order valence-corrected chi connectivity index (χ0v) is 19.5. The maximum Gasteiger partial charge on any atom is 0.306 e. The first-order valence-electron chi connectivity index (χ1n) is 8.84. The van der Waals surface area contributed by atoms with Gasteiger partial charge in [-0.25, -0.2) is 0 Å². The highest BCUT2D eigenvalue weighted by Gasteiger charge is 2.41. The standard InChI is InChI=1S/C18H28ClN3O3SSi/c1-11-8-13(10-19)17(26-11)22-12(2)20-21-16(22)14(9-15(23)24)25-27(6,7)18(3,4)5/h8,14H,9-10H2,1-7H3,(H,23,24)/t14-/m0/s1. The number of hydrogen-bond acceptors (Lipinski definition) is 5.